The molecule has 1 atom stereocenters. The lowest BCUT2D eigenvalue weighted by Gasteiger charge is -2.12. The minimum atomic E-state index is -0.526. The number of aromatic nitrogens is 2. The summed E-state index contributed by atoms with van der Waals surface area (Å²) in [5.74, 6) is 0.416. The lowest BCUT2D eigenvalue weighted by Crippen LogP contribution is -2.22. The van der Waals surface area contributed by atoms with E-state index in [1.807, 2.05) is 0 Å². The monoisotopic (exact) mass is 403 g/mol. The number of hydrogen-bond acceptors (Lipinski definition) is 7. The Balaban J connectivity index is 1.66. The number of anilines is 1. The molecule has 0 unspecified atom stereocenters. The molecule has 146 valence electrons. The van der Waals surface area contributed by atoms with Crippen LogP contribution in [0.5, 0.6) is 11.5 Å². The van der Waals surface area contributed by atoms with Crippen molar-refractivity contribution < 1.29 is 23.1 Å². The summed E-state index contributed by atoms with van der Waals surface area (Å²) in [6, 6.07) is 11.2. The van der Waals surface area contributed by atoms with Crippen molar-refractivity contribution in [2.45, 2.75) is 17.4 Å². The predicted octanol–water partition coefficient (Wildman–Crippen LogP) is 4.01. The van der Waals surface area contributed by atoms with E-state index in [0.717, 1.165) is 11.8 Å². The van der Waals surface area contributed by atoms with E-state index in [1.54, 1.807) is 43.3 Å². The van der Waals surface area contributed by atoms with E-state index in [1.165, 1.54) is 20.3 Å². The summed E-state index contributed by atoms with van der Waals surface area (Å²) in [5.41, 5.74) is 0.775. The quantitative estimate of drug-likeness (QED) is 0.597. The van der Waals surface area contributed by atoms with E-state index < -0.39 is 11.1 Å². The van der Waals surface area contributed by atoms with Gasteiger partial charge < -0.3 is 19.2 Å². The fraction of sp³-hybridized carbons (Fsp3) is 0.211. The molecule has 1 aromatic heterocycles. The average Bonchev–Trinajstić information content (AvgIpc) is 3.16. The van der Waals surface area contributed by atoms with Crippen molar-refractivity contribution in [2.75, 3.05) is 19.5 Å². The third-order valence-corrected chi connectivity index (χ3v) is 4.74. The summed E-state index contributed by atoms with van der Waals surface area (Å²) >= 11 is 1.08. The van der Waals surface area contributed by atoms with Gasteiger partial charge in [-0.15, -0.1) is 10.2 Å². The second kappa shape index (κ2) is 8.75. The zero-order valence-electron chi connectivity index (χ0n) is 15.4. The van der Waals surface area contributed by atoms with Gasteiger partial charge in [0, 0.05) is 11.8 Å². The predicted molar refractivity (Wildman–Crippen MR) is 103 cm³/mol. The maximum absolute atomic E-state index is 13.8. The van der Waals surface area contributed by atoms with Crippen LogP contribution in [-0.2, 0) is 4.79 Å². The number of rotatable bonds is 7. The van der Waals surface area contributed by atoms with Crippen molar-refractivity contribution in [3.8, 4) is 23.0 Å². The van der Waals surface area contributed by atoms with Crippen LogP contribution in [0.3, 0.4) is 0 Å². The first-order valence-electron chi connectivity index (χ1n) is 8.29. The number of thioether (sulfide) groups is 1. The number of carbonyl (C=O) groups excluding carboxylic acids is 1. The van der Waals surface area contributed by atoms with Crippen molar-refractivity contribution in [1.29, 1.82) is 0 Å². The molecule has 0 radical (unpaired) electrons. The van der Waals surface area contributed by atoms with Gasteiger partial charge in [0.2, 0.25) is 5.91 Å². The molecule has 9 heteroatoms. The van der Waals surface area contributed by atoms with E-state index in [-0.39, 0.29) is 22.6 Å². The van der Waals surface area contributed by atoms with Gasteiger partial charge in [-0.2, -0.15) is 0 Å². The molecule has 0 saturated heterocycles. The van der Waals surface area contributed by atoms with Crippen LogP contribution in [0.1, 0.15) is 6.92 Å². The van der Waals surface area contributed by atoms with Gasteiger partial charge in [0.05, 0.1) is 25.0 Å². The molecule has 0 fully saturated rings. The molecule has 0 aliphatic carbocycles. The second-order valence-corrected chi connectivity index (χ2v) is 6.96. The molecule has 0 aliphatic rings. The Morgan fingerprint density at radius 1 is 1.14 bits per heavy atom. The standard InChI is InChI=1S/C19H18FN3O4S/c1-11(17(24)21-12-8-9-15(25-2)16(10-12)26-3)28-19-23-22-18(27-19)13-6-4-5-7-14(13)20/h4-11H,1-3H3,(H,21,24)/t11-/m1/s1. The summed E-state index contributed by atoms with van der Waals surface area (Å²) in [5, 5.41) is 10.2. The second-order valence-electron chi connectivity index (χ2n) is 5.67. The van der Waals surface area contributed by atoms with Crippen LogP contribution >= 0.6 is 11.8 Å². The third-order valence-electron chi connectivity index (χ3n) is 3.81. The molecule has 0 bridgehead atoms. The first kappa shape index (κ1) is 19.7. The number of nitrogens with zero attached hydrogens (tertiary/aromatic N) is 2. The van der Waals surface area contributed by atoms with Crippen LogP contribution in [0.2, 0.25) is 0 Å². The average molecular weight is 403 g/mol. The maximum Gasteiger partial charge on any atom is 0.277 e. The highest BCUT2D eigenvalue weighted by molar-refractivity contribution is 8.00. The van der Waals surface area contributed by atoms with Crippen LogP contribution in [0.4, 0.5) is 10.1 Å². The molecule has 1 N–H and O–H groups in total. The largest absolute Gasteiger partial charge is 0.493 e. The lowest BCUT2D eigenvalue weighted by atomic mass is 10.2. The Bertz CT molecular complexity index is 979. The highest BCUT2D eigenvalue weighted by atomic mass is 32.2. The Labute approximate surface area is 165 Å². The van der Waals surface area contributed by atoms with E-state index in [4.69, 9.17) is 13.9 Å². The topological polar surface area (TPSA) is 86.5 Å². The highest BCUT2D eigenvalue weighted by Crippen LogP contribution is 2.31. The minimum absolute atomic E-state index is 0.0631. The van der Waals surface area contributed by atoms with E-state index in [2.05, 4.69) is 15.5 Å². The first-order chi connectivity index (χ1) is 13.5. The number of carbonyl (C=O) groups is 1. The van der Waals surface area contributed by atoms with Crippen LogP contribution in [0.15, 0.2) is 52.1 Å². The molecule has 7 nitrogen and oxygen atoms in total. The number of amides is 1. The Kier molecular flexibility index (Phi) is 6.15. The van der Waals surface area contributed by atoms with Gasteiger partial charge in [0.25, 0.3) is 11.1 Å². The molecular weight excluding hydrogens is 385 g/mol. The molecule has 0 spiro atoms. The maximum atomic E-state index is 13.8. The molecule has 1 heterocycles. The van der Waals surface area contributed by atoms with Crippen molar-refractivity contribution in [3.63, 3.8) is 0 Å². The molecule has 3 rings (SSSR count). The summed E-state index contributed by atoms with van der Waals surface area (Å²) in [7, 11) is 3.06. The molecule has 1 amide bonds. The Morgan fingerprint density at radius 2 is 1.89 bits per heavy atom. The molecule has 0 aliphatic heterocycles. The molecular formula is C19H18FN3O4S. The summed E-state index contributed by atoms with van der Waals surface area (Å²) in [6.07, 6.45) is 0. The van der Waals surface area contributed by atoms with E-state index in [0.29, 0.717) is 17.2 Å². The van der Waals surface area contributed by atoms with Crippen molar-refractivity contribution in [3.05, 3.63) is 48.3 Å². The van der Waals surface area contributed by atoms with Gasteiger partial charge in [-0.1, -0.05) is 23.9 Å². The van der Waals surface area contributed by atoms with Crippen LogP contribution in [0, 0.1) is 5.82 Å². The number of nitrogens with one attached hydrogen (secondary N) is 1. The number of benzene rings is 2. The van der Waals surface area contributed by atoms with Crippen LogP contribution in [-0.4, -0.2) is 35.6 Å². The van der Waals surface area contributed by atoms with Gasteiger partial charge in [-0.3, -0.25) is 4.79 Å². The van der Waals surface area contributed by atoms with Crippen LogP contribution < -0.4 is 14.8 Å². The lowest BCUT2D eigenvalue weighted by molar-refractivity contribution is -0.115. The Hall–Kier alpha value is -3.07. The molecule has 0 saturated carbocycles. The fourth-order valence-electron chi connectivity index (χ4n) is 2.36. The van der Waals surface area contributed by atoms with Crippen molar-refractivity contribution in [1.82, 2.24) is 10.2 Å². The third kappa shape index (κ3) is 4.42. The SMILES string of the molecule is COc1ccc(NC(=O)[C@@H](C)Sc2nnc(-c3ccccc3F)o2)cc1OC. The number of hydrogen-bond donors (Lipinski definition) is 1. The first-order valence-corrected chi connectivity index (χ1v) is 9.17. The number of ether oxygens (including phenoxy) is 2. The van der Waals surface area contributed by atoms with Crippen molar-refractivity contribution >= 4 is 23.4 Å². The zero-order valence-corrected chi connectivity index (χ0v) is 16.2. The minimum Gasteiger partial charge on any atom is -0.493 e. The smallest absolute Gasteiger partial charge is 0.277 e. The summed E-state index contributed by atoms with van der Waals surface area (Å²) in [4.78, 5) is 12.4. The van der Waals surface area contributed by atoms with Crippen LogP contribution in [0.25, 0.3) is 11.5 Å². The van der Waals surface area contributed by atoms with Gasteiger partial charge in [0.1, 0.15) is 5.82 Å². The summed E-state index contributed by atoms with van der Waals surface area (Å²) < 4.78 is 29.7. The Morgan fingerprint density at radius 3 is 2.61 bits per heavy atom. The number of halogens is 1. The number of methoxy groups -OCH3 is 2. The van der Waals surface area contributed by atoms with Gasteiger partial charge in [-0.25, -0.2) is 4.39 Å². The highest BCUT2D eigenvalue weighted by Gasteiger charge is 2.20. The van der Waals surface area contributed by atoms with E-state index >= 15 is 0 Å². The van der Waals surface area contributed by atoms with Gasteiger partial charge >= 0.3 is 0 Å². The van der Waals surface area contributed by atoms with E-state index in [9.17, 15) is 9.18 Å². The molecule has 3 aromatic rings. The molecule has 2 aromatic carbocycles. The summed E-state index contributed by atoms with van der Waals surface area (Å²) in [6.45, 7) is 1.70. The van der Waals surface area contributed by atoms with Crippen molar-refractivity contribution in [2.24, 2.45) is 0 Å². The zero-order chi connectivity index (χ0) is 20.1. The fourth-order valence-corrected chi connectivity index (χ4v) is 3.05. The normalized spacial score (nSPS) is 11.7. The van der Waals surface area contributed by atoms with Gasteiger partial charge in [0.15, 0.2) is 11.5 Å². The molecule has 28 heavy (non-hydrogen) atoms. The van der Waals surface area contributed by atoms with Gasteiger partial charge in [-0.05, 0) is 31.2 Å².